The van der Waals surface area contributed by atoms with Crippen molar-refractivity contribution in [2.75, 3.05) is 33.4 Å². The molecule has 1 aromatic rings. The fourth-order valence-corrected chi connectivity index (χ4v) is 4.49. The van der Waals surface area contributed by atoms with Crippen LogP contribution in [0, 0.1) is 11.3 Å². The number of carbonyl (C=O) groups excluding carboxylic acids is 2. The lowest BCUT2D eigenvalue weighted by molar-refractivity contribution is -0.138. The first-order valence-electron chi connectivity index (χ1n) is 9.12. The number of nitrogens with zero attached hydrogens (tertiary/aromatic N) is 3. The Labute approximate surface area is 148 Å². The average Bonchev–Trinajstić information content (AvgIpc) is 2.78. The minimum absolute atomic E-state index is 0.0247. The molecule has 2 unspecified atom stereocenters. The van der Waals surface area contributed by atoms with E-state index in [1.54, 1.807) is 24.3 Å². The van der Waals surface area contributed by atoms with Crippen molar-refractivity contribution in [3.05, 3.63) is 30.1 Å². The second-order valence-corrected chi connectivity index (χ2v) is 7.71. The predicted octanol–water partition coefficient (Wildman–Crippen LogP) is 1.63. The van der Waals surface area contributed by atoms with Crippen LogP contribution in [-0.2, 0) is 14.3 Å². The number of rotatable bonds is 2. The van der Waals surface area contributed by atoms with Gasteiger partial charge in [-0.05, 0) is 24.5 Å². The van der Waals surface area contributed by atoms with Crippen LogP contribution in [-0.4, -0.2) is 59.9 Å². The molecular formula is C19H25N3O3. The molecule has 1 saturated carbocycles. The number of hydrogen-bond donors (Lipinski definition) is 0. The highest BCUT2D eigenvalue weighted by molar-refractivity contribution is 5.90. The standard InChI is InChI=1S/C19H25N3O3/c1-21-16(23)10-15(17(21)14-4-2-7-20-11-14)18(24)22-8-9-25-13-19(12-22)5-3-6-19/h2,4,7,11,15,17H,3,5-6,8-10,12-13H2,1H3. The van der Waals surface area contributed by atoms with Crippen molar-refractivity contribution in [3.8, 4) is 0 Å². The van der Waals surface area contributed by atoms with E-state index in [-0.39, 0.29) is 35.6 Å². The van der Waals surface area contributed by atoms with Gasteiger partial charge in [0.1, 0.15) is 0 Å². The molecule has 134 valence electrons. The van der Waals surface area contributed by atoms with Gasteiger partial charge in [0, 0.05) is 44.4 Å². The first-order valence-corrected chi connectivity index (χ1v) is 9.12. The third kappa shape index (κ3) is 2.92. The normalized spacial score (nSPS) is 28.8. The summed E-state index contributed by atoms with van der Waals surface area (Å²) >= 11 is 0. The number of ether oxygens (including phenoxy) is 1. The molecule has 2 atom stereocenters. The molecule has 0 aromatic carbocycles. The molecule has 25 heavy (non-hydrogen) atoms. The van der Waals surface area contributed by atoms with Crippen molar-refractivity contribution in [2.24, 2.45) is 11.3 Å². The number of carbonyl (C=O) groups is 2. The summed E-state index contributed by atoms with van der Waals surface area (Å²) in [6.45, 7) is 2.72. The predicted molar refractivity (Wildman–Crippen MR) is 91.5 cm³/mol. The fraction of sp³-hybridized carbons (Fsp3) is 0.632. The number of likely N-dealkylation sites (tertiary alicyclic amines) is 1. The minimum Gasteiger partial charge on any atom is -0.379 e. The van der Waals surface area contributed by atoms with Gasteiger partial charge >= 0.3 is 0 Å². The first-order chi connectivity index (χ1) is 12.1. The van der Waals surface area contributed by atoms with Gasteiger partial charge in [0.2, 0.25) is 11.8 Å². The molecule has 1 spiro atoms. The third-order valence-electron chi connectivity index (χ3n) is 6.10. The van der Waals surface area contributed by atoms with E-state index in [4.69, 9.17) is 4.74 Å². The number of aromatic nitrogens is 1. The molecule has 0 radical (unpaired) electrons. The van der Waals surface area contributed by atoms with E-state index in [2.05, 4.69) is 4.98 Å². The van der Waals surface area contributed by atoms with Crippen molar-refractivity contribution < 1.29 is 14.3 Å². The second-order valence-electron chi connectivity index (χ2n) is 7.71. The second kappa shape index (κ2) is 6.41. The van der Waals surface area contributed by atoms with Gasteiger partial charge < -0.3 is 14.5 Å². The zero-order valence-electron chi connectivity index (χ0n) is 14.7. The quantitative estimate of drug-likeness (QED) is 0.819. The summed E-state index contributed by atoms with van der Waals surface area (Å²) in [6, 6.07) is 3.58. The number of pyridine rings is 1. The molecular weight excluding hydrogens is 318 g/mol. The molecule has 4 rings (SSSR count). The van der Waals surface area contributed by atoms with Crippen LogP contribution in [0.2, 0.25) is 0 Å². The fourth-order valence-electron chi connectivity index (χ4n) is 4.49. The Hall–Kier alpha value is -1.95. The molecule has 6 nitrogen and oxygen atoms in total. The molecule has 1 aromatic heterocycles. The Morgan fingerprint density at radius 1 is 1.40 bits per heavy atom. The Morgan fingerprint density at radius 2 is 2.24 bits per heavy atom. The molecule has 2 amide bonds. The van der Waals surface area contributed by atoms with Gasteiger partial charge in [0.25, 0.3) is 0 Å². The lowest BCUT2D eigenvalue weighted by Crippen LogP contribution is -2.47. The summed E-state index contributed by atoms with van der Waals surface area (Å²) in [5, 5.41) is 0. The van der Waals surface area contributed by atoms with E-state index in [1.807, 2.05) is 17.0 Å². The molecule has 6 heteroatoms. The highest BCUT2D eigenvalue weighted by atomic mass is 16.5. The maximum Gasteiger partial charge on any atom is 0.228 e. The van der Waals surface area contributed by atoms with Crippen LogP contribution in [0.1, 0.15) is 37.3 Å². The SMILES string of the molecule is CN1C(=O)CC(C(=O)N2CCOCC3(CCC3)C2)C1c1cccnc1. The number of amides is 2. The molecule has 3 heterocycles. The maximum atomic E-state index is 13.3. The van der Waals surface area contributed by atoms with Gasteiger partial charge in [0.05, 0.1) is 25.2 Å². The maximum absolute atomic E-state index is 13.3. The van der Waals surface area contributed by atoms with Gasteiger partial charge in [-0.25, -0.2) is 0 Å². The summed E-state index contributed by atoms with van der Waals surface area (Å²) in [5.74, 6) is -0.225. The smallest absolute Gasteiger partial charge is 0.228 e. The van der Waals surface area contributed by atoms with Crippen LogP contribution in [0.15, 0.2) is 24.5 Å². The molecule has 3 fully saturated rings. The van der Waals surface area contributed by atoms with E-state index < -0.39 is 0 Å². The Bertz CT molecular complexity index is 659. The Balaban J connectivity index is 1.58. The van der Waals surface area contributed by atoms with Crippen LogP contribution in [0.25, 0.3) is 0 Å². The van der Waals surface area contributed by atoms with Crippen LogP contribution >= 0.6 is 0 Å². The zero-order valence-corrected chi connectivity index (χ0v) is 14.7. The Morgan fingerprint density at radius 3 is 2.92 bits per heavy atom. The lowest BCUT2D eigenvalue weighted by atomic mass is 9.69. The minimum atomic E-state index is -0.336. The van der Waals surface area contributed by atoms with E-state index >= 15 is 0 Å². The van der Waals surface area contributed by atoms with Gasteiger partial charge in [-0.2, -0.15) is 0 Å². The number of hydrogen-bond acceptors (Lipinski definition) is 4. The van der Waals surface area contributed by atoms with E-state index in [9.17, 15) is 9.59 Å². The molecule has 2 aliphatic heterocycles. The summed E-state index contributed by atoms with van der Waals surface area (Å²) in [7, 11) is 1.78. The van der Waals surface area contributed by atoms with Crippen molar-refractivity contribution >= 4 is 11.8 Å². The molecule has 0 N–H and O–H groups in total. The van der Waals surface area contributed by atoms with Crippen molar-refractivity contribution in [3.63, 3.8) is 0 Å². The van der Waals surface area contributed by atoms with Crippen molar-refractivity contribution in [1.29, 1.82) is 0 Å². The van der Waals surface area contributed by atoms with Crippen molar-refractivity contribution in [1.82, 2.24) is 14.8 Å². The zero-order chi connectivity index (χ0) is 17.4. The topological polar surface area (TPSA) is 62.7 Å². The monoisotopic (exact) mass is 343 g/mol. The molecule has 1 aliphatic carbocycles. The van der Waals surface area contributed by atoms with Gasteiger partial charge in [0.15, 0.2) is 0 Å². The lowest BCUT2D eigenvalue weighted by Gasteiger charge is -2.43. The molecule has 2 saturated heterocycles. The summed E-state index contributed by atoms with van der Waals surface area (Å²) in [5.41, 5.74) is 1.07. The molecule has 0 bridgehead atoms. The van der Waals surface area contributed by atoms with Crippen LogP contribution in [0.5, 0.6) is 0 Å². The van der Waals surface area contributed by atoms with E-state index in [0.29, 0.717) is 13.2 Å². The van der Waals surface area contributed by atoms with E-state index in [0.717, 1.165) is 31.6 Å². The van der Waals surface area contributed by atoms with Gasteiger partial charge in [-0.15, -0.1) is 0 Å². The van der Waals surface area contributed by atoms with Gasteiger partial charge in [-0.1, -0.05) is 12.5 Å². The average molecular weight is 343 g/mol. The van der Waals surface area contributed by atoms with Crippen LogP contribution < -0.4 is 0 Å². The highest BCUT2D eigenvalue weighted by Gasteiger charge is 2.47. The Kier molecular flexibility index (Phi) is 4.23. The van der Waals surface area contributed by atoms with Crippen LogP contribution in [0.3, 0.4) is 0 Å². The third-order valence-corrected chi connectivity index (χ3v) is 6.10. The largest absolute Gasteiger partial charge is 0.379 e. The highest BCUT2D eigenvalue weighted by Crippen LogP contribution is 2.44. The summed E-state index contributed by atoms with van der Waals surface area (Å²) < 4.78 is 5.77. The van der Waals surface area contributed by atoms with E-state index in [1.165, 1.54) is 6.42 Å². The summed E-state index contributed by atoms with van der Waals surface area (Å²) in [6.07, 6.45) is 7.23. The van der Waals surface area contributed by atoms with Crippen molar-refractivity contribution in [2.45, 2.75) is 31.7 Å². The summed E-state index contributed by atoms with van der Waals surface area (Å²) in [4.78, 5) is 33.5. The molecule has 3 aliphatic rings. The van der Waals surface area contributed by atoms with Gasteiger partial charge in [-0.3, -0.25) is 14.6 Å². The first kappa shape index (κ1) is 16.5. The van der Waals surface area contributed by atoms with Crippen LogP contribution in [0.4, 0.5) is 0 Å².